The second kappa shape index (κ2) is 10.5. The molecule has 1 unspecified atom stereocenters. The number of rotatable bonds is 6. The smallest absolute Gasteiger partial charge is 0.335 e. The number of hydrogen-bond donors (Lipinski definition) is 1. The summed E-state index contributed by atoms with van der Waals surface area (Å²) in [6, 6.07) is 26.2. The van der Waals surface area contributed by atoms with E-state index in [2.05, 4.69) is 18.2 Å². The highest BCUT2D eigenvalue weighted by Gasteiger charge is 2.32. The van der Waals surface area contributed by atoms with E-state index in [0.717, 1.165) is 46.6 Å². The molecule has 0 saturated heterocycles. The van der Waals surface area contributed by atoms with Crippen LogP contribution in [0.1, 0.15) is 52.2 Å². The zero-order valence-corrected chi connectivity index (χ0v) is 23.6. The zero-order chi connectivity index (χ0) is 28.8. The molecule has 1 aliphatic carbocycles. The van der Waals surface area contributed by atoms with Crippen molar-refractivity contribution in [3.63, 3.8) is 0 Å². The quantitative estimate of drug-likeness (QED) is 0.282. The van der Waals surface area contributed by atoms with Gasteiger partial charge in [-0.3, -0.25) is 9.36 Å². The zero-order valence-electron chi connectivity index (χ0n) is 22.7. The molecule has 2 aliphatic rings. The molecule has 0 radical (unpaired) electrons. The van der Waals surface area contributed by atoms with Gasteiger partial charge in [-0.05, 0) is 72.9 Å². The van der Waals surface area contributed by atoms with E-state index in [1.165, 1.54) is 16.9 Å². The summed E-state index contributed by atoms with van der Waals surface area (Å²) in [5, 5.41) is 9.18. The summed E-state index contributed by atoms with van der Waals surface area (Å²) in [7, 11) is 0. The molecular weight excluding hydrogens is 548 g/mol. The highest BCUT2D eigenvalue weighted by molar-refractivity contribution is 7.07. The molecule has 208 valence electrons. The molecule has 1 aliphatic heterocycles. The van der Waals surface area contributed by atoms with E-state index < -0.39 is 5.97 Å². The van der Waals surface area contributed by atoms with Crippen LogP contribution in [-0.4, -0.2) is 22.2 Å². The standard InChI is InChI=1S/C34H26N2O5S/c1-2-40-24-14-11-22(12-15-24)31-27-17-13-20-5-3-4-6-26(20)30(27)35-34-36(31)32(37)29(42-34)19-25-16-18-28(41-25)21-7-9-23(10-8-21)33(38)39/h3-12,14-16,18-19,31H,2,13,17H2,1H3,(H,38,39)/b29-19-. The maximum Gasteiger partial charge on any atom is 0.335 e. The molecule has 42 heavy (non-hydrogen) atoms. The van der Waals surface area contributed by atoms with Gasteiger partial charge < -0.3 is 14.3 Å². The van der Waals surface area contributed by atoms with E-state index in [9.17, 15) is 14.7 Å². The van der Waals surface area contributed by atoms with E-state index in [1.54, 1.807) is 30.3 Å². The number of carboxylic acid groups (broad SMARTS) is 1. The first-order valence-corrected chi connectivity index (χ1v) is 14.6. The molecule has 1 atom stereocenters. The molecule has 0 bridgehead atoms. The third kappa shape index (κ3) is 4.50. The van der Waals surface area contributed by atoms with Gasteiger partial charge in [0, 0.05) is 17.2 Å². The van der Waals surface area contributed by atoms with Crippen LogP contribution in [0.4, 0.5) is 0 Å². The van der Waals surface area contributed by atoms with Crippen LogP contribution in [0.25, 0.3) is 23.1 Å². The van der Waals surface area contributed by atoms with Crippen LogP contribution < -0.4 is 19.6 Å². The number of fused-ring (bicyclic) bond motifs is 3. The monoisotopic (exact) mass is 574 g/mol. The van der Waals surface area contributed by atoms with Crippen LogP contribution in [0.2, 0.25) is 0 Å². The average molecular weight is 575 g/mol. The Balaban J connectivity index is 1.34. The fourth-order valence-corrected chi connectivity index (χ4v) is 6.71. The number of benzene rings is 3. The van der Waals surface area contributed by atoms with Crippen molar-refractivity contribution in [2.75, 3.05) is 6.61 Å². The molecule has 7 nitrogen and oxygen atoms in total. The molecule has 3 heterocycles. The second-order valence-corrected chi connectivity index (χ2v) is 11.2. The Morgan fingerprint density at radius 2 is 1.83 bits per heavy atom. The summed E-state index contributed by atoms with van der Waals surface area (Å²) >= 11 is 1.35. The number of aromatic carboxylic acids is 1. The summed E-state index contributed by atoms with van der Waals surface area (Å²) in [4.78, 5) is 30.9. The lowest BCUT2D eigenvalue weighted by Crippen LogP contribution is -2.38. The number of aromatic nitrogens is 1. The van der Waals surface area contributed by atoms with Gasteiger partial charge in [0.1, 0.15) is 17.3 Å². The molecule has 0 amide bonds. The Labute approximate surface area is 245 Å². The molecule has 8 heteroatoms. The van der Waals surface area contributed by atoms with Crippen molar-refractivity contribution in [3.05, 3.63) is 138 Å². The molecule has 3 aromatic carbocycles. The lowest BCUT2D eigenvalue weighted by atomic mass is 9.83. The van der Waals surface area contributed by atoms with Gasteiger partial charge in [0.2, 0.25) is 0 Å². The number of nitrogens with zero attached hydrogens (tertiary/aromatic N) is 2. The minimum atomic E-state index is -0.981. The third-order valence-corrected chi connectivity index (χ3v) is 8.68. The number of carboxylic acids is 1. The molecule has 0 fully saturated rings. The minimum Gasteiger partial charge on any atom is -0.494 e. The number of carbonyl (C=O) groups is 1. The lowest BCUT2D eigenvalue weighted by molar-refractivity contribution is 0.0697. The predicted octanol–water partition coefficient (Wildman–Crippen LogP) is 5.68. The van der Waals surface area contributed by atoms with Crippen LogP contribution >= 0.6 is 11.3 Å². The van der Waals surface area contributed by atoms with Gasteiger partial charge in [-0.1, -0.05) is 59.9 Å². The summed E-state index contributed by atoms with van der Waals surface area (Å²) in [5.41, 5.74) is 6.34. The van der Waals surface area contributed by atoms with Crippen molar-refractivity contribution in [1.82, 2.24) is 4.57 Å². The van der Waals surface area contributed by atoms with E-state index >= 15 is 0 Å². The van der Waals surface area contributed by atoms with Crippen molar-refractivity contribution < 1.29 is 19.1 Å². The Hall–Kier alpha value is -4.95. The second-order valence-electron chi connectivity index (χ2n) is 10.2. The number of allylic oxidation sites excluding steroid dienone is 1. The number of ether oxygens (including phenoxy) is 1. The van der Waals surface area contributed by atoms with Crippen molar-refractivity contribution in [2.45, 2.75) is 25.8 Å². The highest BCUT2D eigenvalue weighted by atomic mass is 32.1. The summed E-state index contributed by atoms with van der Waals surface area (Å²) in [5.74, 6) is 0.934. The SMILES string of the molecule is CCOc1ccc(C2C3=C(N=c4s/c(=C\c5ccc(-c6ccc(C(=O)O)cc6)o5)c(=O)n42)c2ccccc2CC3)cc1. The van der Waals surface area contributed by atoms with E-state index in [4.69, 9.17) is 14.1 Å². The Kier molecular flexibility index (Phi) is 6.47. The molecular formula is C34H26N2O5S. The molecule has 1 N–H and O–H groups in total. The summed E-state index contributed by atoms with van der Waals surface area (Å²) in [6.07, 6.45) is 3.47. The van der Waals surface area contributed by atoms with Gasteiger partial charge in [-0.25, -0.2) is 9.79 Å². The van der Waals surface area contributed by atoms with Crippen molar-refractivity contribution >= 4 is 29.1 Å². The van der Waals surface area contributed by atoms with Crippen LogP contribution in [0.3, 0.4) is 0 Å². The summed E-state index contributed by atoms with van der Waals surface area (Å²) < 4.78 is 14.1. The summed E-state index contributed by atoms with van der Waals surface area (Å²) in [6.45, 7) is 2.54. The largest absolute Gasteiger partial charge is 0.494 e. The molecule has 0 spiro atoms. The van der Waals surface area contributed by atoms with Crippen LogP contribution in [0.15, 0.2) is 105 Å². The van der Waals surface area contributed by atoms with E-state index in [0.29, 0.717) is 27.5 Å². The molecule has 5 aromatic rings. The lowest BCUT2D eigenvalue weighted by Gasteiger charge is -2.30. The maximum atomic E-state index is 14.0. The highest BCUT2D eigenvalue weighted by Crippen LogP contribution is 2.41. The number of aryl methyl sites for hydroxylation is 1. The van der Waals surface area contributed by atoms with Gasteiger partial charge in [-0.2, -0.15) is 0 Å². The number of furan rings is 1. The average Bonchev–Trinajstić information content (AvgIpc) is 3.61. The van der Waals surface area contributed by atoms with Crippen LogP contribution in [-0.2, 0) is 6.42 Å². The van der Waals surface area contributed by atoms with Crippen LogP contribution in [0, 0.1) is 0 Å². The normalized spacial score (nSPS) is 15.9. The first-order chi connectivity index (χ1) is 20.5. The molecule has 0 saturated carbocycles. The van der Waals surface area contributed by atoms with Gasteiger partial charge in [0.25, 0.3) is 5.56 Å². The van der Waals surface area contributed by atoms with E-state index in [1.807, 2.05) is 54.0 Å². The molecule has 7 rings (SSSR count). The van der Waals surface area contributed by atoms with Crippen molar-refractivity contribution in [2.24, 2.45) is 4.99 Å². The number of hydrogen-bond acceptors (Lipinski definition) is 6. The van der Waals surface area contributed by atoms with E-state index in [-0.39, 0.29) is 17.2 Å². The third-order valence-electron chi connectivity index (χ3n) is 7.70. The topological polar surface area (TPSA) is 94.0 Å². The first-order valence-electron chi connectivity index (χ1n) is 13.8. The fraction of sp³-hybridized carbons (Fsp3) is 0.147. The number of thiazole rings is 1. The Morgan fingerprint density at radius 1 is 1.05 bits per heavy atom. The fourth-order valence-electron chi connectivity index (χ4n) is 5.73. The van der Waals surface area contributed by atoms with Gasteiger partial charge >= 0.3 is 5.97 Å². The predicted molar refractivity (Wildman–Crippen MR) is 161 cm³/mol. The Morgan fingerprint density at radius 3 is 2.60 bits per heavy atom. The first kappa shape index (κ1) is 26.0. The van der Waals surface area contributed by atoms with Gasteiger partial charge in [0.05, 0.1) is 28.4 Å². The van der Waals surface area contributed by atoms with Crippen molar-refractivity contribution in [3.8, 4) is 17.1 Å². The Bertz CT molecular complexity index is 2050. The molecule has 2 aromatic heterocycles. The maximum absolute atomic E-state index is 14.0. The minimum absolute atomic E-state index is 0.119. The van der Waals surface area contributed by atoms with Crippen LogP contribution in [0.5, 0.6) is 5.75 Å². The van der Waals surface area contributed by atoms with Crippen molar-refractivity contribution in [1.29, 1.82) is 0 Å². The van der Waals surface area contributed by atoms with Gasteiger partial charge in [-0.15, -0.1) is 0 Å². The van der Waals surface area contributed by atoms with Gasteiger partial charge in [0.15, 0.2) is 4.80 Å².